The molecule has 0 atom stereocenters. The van der Waals surface area contributed by atoms with Crippen molar-refractivity contribution in [2.24, 2.45) is 0 Å². The molecule has 3 rings (SSSR count). The average molecular weight is 353 g/mol. The van der Waals surface area contributed by atoms with E-state index in [1.165, 1.54) is 18.2 Å². The highest BCUT2D eigenvalue weighted by molar-refractivity contribution is 7.91. The minimum Gasteiger partial charge on any atom is -0.289 e. The second kappa shape index (κ2) is 5.54. The molecule has 1 aliphatic heterocycles. The van der Waals surface area contributed by atoms with Gasteiger partial charge in [0.05, 0.1) is 20.7 Å². The van der Waals surface area contributed by atoms with Gasteiger partial charge in [-0.25, -0.2) is 8.42 Å². The molecule has 0 bridgehead atoms. The molecule has 0 aliphatic carbocycles. The van der Waals surface area contributed by atoms with Gasteiger partial charge in [-0.2, -0.15) is 0 Å². The maximum Gasteiger partial charge on any atom is 0.191 e. The summed E-state index contributed by atoms with van der Waals surface area (Å²) in [6.45, 7) is 0. The fourth-order valence-electron chi connectivity index (χ4n) is 2.36. The van der Waals surface area contributed by atoms with Crippen molar-refractivity contribution in [2.45, 2.75) is 4.90 Å². The van der Waals surface area contributed by atoms with Gasteiger partial charge >= 0.3 is 0 Å². The van der Waals surface area contributed by atoms with E-state index in [0.717, 1.165) is 0 Å². The van der Waals surface area contributed by atoms with Crippen molar-refractivity contribution in [2.75, 3.05) is 5.75 Å². The fourth-order valence-corrected chi connectivity index (χ4v) is 4.22. The van der Waals surface area contributed by atoms with Crippen LogP contribution in [0.15, 0.2) is 52.9 Å². The Morgan fingerprint density at radius 2 is 1.73 bits per heavy atom. The van der Waals surface area contributed by atoms with Gasteiger partial charge in [-0.15, -0.1) is 0 Å². The number of carbonyl (C=O) groups excluding carboxylic acids is 1. The molecule has 0 aromatic heterocycles. The molecule has 3 nitrogen and oxygen atoms in total. The van der Waals surface area contributed by atoms with Gasteiger partial charge in [0.1, 0.15) is 0 Å². The first-order valence-corrected chi connectivity index (χ1v) is 8.81. The summed E-state index contributed by atoms with van der Waals surface area (Å²) >= 11 is 11.8. The summed E-state index contributed by atoms with van der Waals surface area (Å²) in [4.78, 5) is 12.6. The van der Waals surface area contributed by atoms with E-state index in [-0.39, 0.29) is 27.6 Å². The summed E-state index contributed by atoms with van der Waals surface area (Å²) in [7, 11) is -3.51. The van der Waals surface area contributed by atoms with Crippen molar-refractivity contribution >= 4 is 44.9 Å². The van der Waals surface area contributed by atoms with E-state index in [4.69, 9.17) is 23.2 Å². The Labute approximate surface area is 138 Å². The summed E-state index contributed by atoms with van der Waals surface area (Å²) in [5, 5.41) is 0.749. The topological polar surface area (TPSA) is 51.2 Å². The Morgan fingerprint density at radius 1 is 1.00 bits per heavy atom. The molecule has 0 fully saturated rings. The molecule has 22 heavy (non-hydrogen) atoms. The third kappa shape index (κ3) is 2.70. The van der Waals surface area contributed by atoms with Crippen LogP contribution in [0.4, 0.5) is 0 Å². The number of benzene rings is 2. The van der Waals surface area contributed by atoms with Crippen LogP contribution < -0.4 is 0 Å². The average Bonchev–Trinajstić information content (AvgIpc) is 2.48. The van der Waals surface area contributed by atoms with Crippen LogP contribution in [0.5, 0.6) is 0 Å². The zero-order chi connectivity index (χ0) is 15.9. The van der Waals surface area contributed by atoms with Crippen LogP contribution in [-0.2, 0) is 9.84 Å². The van der Waals surface area contributed by atoms with E-state index in [1.54, 1.807) is 30.3 Å². The van der Waals surface area contributed by atoms with Crippen LogP contribution in [0.25, 0.3) is 6.08 Å². The molecule has 2 aromatic rings. The molecule has 1 aliphatic rings. The standard InChI is InChI=1S/C16H10Cl2O3S/c17-13-6-5-10(8-14(13)18)7-11-9-22(20,21)15-4-2-1-3-12(15)16(11)19/h1-8H,9H2/b11-7-. The van der Waals surface area contributed by atoms with Gasteiger partial charge in [0.15, 0.2) is 15.6 Å². The zero-order valence-electron chi connectivity index (χ0n) is 11.2. The van der Waals surface area contributed by atoms with Crippen molar-refractivity contribution in [3.63, 3.8) is 0 Å². The maximum atomic E-state index is 12.5. The number of ketones is 1. The molecule has 0 amide bonds. The molecule has 0 saturated carbocycles. The number of hydrogen-bond acceptors (Lipinski definition) is 3. The Hall–Kier alpha value is -1.62. The third-order valence-corrected chi connectivity index (χ3v) is 5.84. The van der Waals surface area contributed by atoms with Crippen molar-refractivity contribution in [3.05, 3.63) is 69.2 Å². The van der Waals surface area contributed by atoms with E-state index in [9.17, 15) is 13.2 Å². The molecule has 1 heterocycles. The van der Waals surface area contributed by atoms with Crippen LogP contribution in [0.1, 0.15) is 15.9 Å². The van der Waals surface area contributed by atoms with Crippen molar-refractivity contribution in [1.82, 2.24) is 0 Å². The van der Waals surface area contributed by atoms with E-state index in [0.29, 0.717) is 15.6 Å². The summed E-state index contributed by atoms with van der Waals surface area (Å²) in [6.07, 6.45) is 1.54. The summed E-state index contributed by atoms with van der Waals surface area (Å²) in [6, 6.07) is 11.1. The van der Waals surface area contributed by atoms with Gasteiger partial charge in [-0.3, -0.25) is 4.79 Å². The minimum atomic E-state index is -3.51. The number of rotatable bonds is 1. The molecule has 6 heteroatoms. The first kappa shape index (κ1) is 15.3. The Kier molecular flexibility index (Phi) is 3.85. The molecule has 2 aromatic carbocycles. The lowest BCUT2D eigenvalue weighted by atomic mass is 10.0. The summed E-state index contributed by atoms with van der Waals surface area (Å²) in [5.74, 6) is -0.597. The van der Waals surface area contributed by atoms with Gasteiger partial charge in [0.2, 0.25) is 0 Å². The highest BCUT2D eigenvalue weighted by atomic mass is 35.5. The maximum absolute atomic E-state index is 12.5. The van der Waals surface area contributed by atoms with Gasteiger partial charge in [-0.1, -0.05) is 41.4 Å². The van der Waals surface area contributed by atoms with Gasteiger partial charge in [0, 0.05) is 11.1 Å². The number of sulfone groups is 1. The van der Waals surface area contributed by atoms with Crippen LogP contribution in [0, 0.1) is 0 Å². The molecule has 0 saturated heterocycles. The van der Waals surface area contributed by atoms with Crippen molar-refractivity contribution < 1.29 is 13.2 Å². The monoisotopic (exact) mass is 352 g/mol. The summed E-state index contributed by atoms with van der Waals surface area (Å²) in [5.41, 5.74) is 1.06. The fraction of sp³-hybridized carbons (Fsp3) is 0.0625. The second-order valence-corrected chi connectivity index (χ2v) is 7.70. The number of hydrogen-bond donors (Lipinski definition) is 0. The van der Waals surface area contributed by atoms with Gasteiger partial charge < -0.3 is 0 Å². The van der Waals surface area contributed by atoms with Crippen molar-refractivity contribution in [1.29, 1.82) is 0 Å². The first-order chi connectivity index (χ1) is 10.4. The number of halogens is 2. The van der Waals surface area contributed by atoms with E-state index in [2.05, 4.69) is 0 Å². The Bertz CT molecular complexity index is 915. The zero-order valence-corrected chi connectivity index (χ0v) is 13.5. The van der Waals surface area contributed by atoms with Gasteiger partial charge in [0.25, 0.3) is 0 Å². The van der Waals surface area contributed by atoms with E-state index in [1.807, 2.05) is 0 Å². The molecule has 0 spiro atoms. The first-order valence-electron chi connectivity index (χ1n) is 6.40. The number of carbonyl (C=O) groups is 1. The predicted octanol–water partition coefficient (Wildman–Crippen LogP) is 4.05. The third-order valence-electron chi connectivity index (χ3n) is 3.39. The SMILES string of the molecule is O=C1/C(=C\c2ccc(Cl)c(Cl)c2)CS(=O)(=O)c2ccccc21. The smallest absolute Gasteiger partial charge is 0.191 e. The quantitative estimate of drug-likeness (QED) is 0.727. The molecular weight excluding hydrogens is 343 g/mol. The minimum absolute atomic E-state index is 0.0892. The highest BCUT2D eigenvalue weighted by Crippen LogP contribution is 2.30. The second-order valence-electron chi connectivity index (χ2n) is 4.93. The normalized spacial score (nSPS) is 18.3. The largest absolute Gasteiger partial charge is 0.289 e. The highest BCUT2D eigenvalue weighted by Gasteiger charge is 2.32. The number of fused-ring (bicyclic) bond motifs is 1. The van der Waals surface area contributed by atoms with Crippen LogP contribution in [0.2, 0.25) is 10.0 Å². The number of Topliss-reactive ketones (excluding diaryl/α,β-unsaturated/α-hetero) is 1. The van der Waals surface area contributed by atoms with Crippen LogP contribution >= 0.6 is 23.2 Å². The molecular formula is C16H10Cl2O3S. The van der Waals surface area contributed by atoms with Crippen molar-refractivity contribution in [3.8, 4) is 0 Å². The lowest BCUT2D eigenvalue weighted by Gasteiger charge is -2.17. The Balaban J connectivity index is 2.12. The van der Waals surface area contributed by atoms with E-state index < -0.39 is 9.84 Å². The Morgan fingerprint density at radius 3 is 2.45 bits per heavy atom. The lowest BCUT2D eigenvalue weighted by Crippen LogP contribution is -2.24. The molecule has 0 N–H and O–H groups in total. The molecule has 112 valence electrons. The van der Waals surface area contributed by atoms with Gasteiger partial charge in [-0.05, 0) is 35.9 Å². The van der Waals surface area contributed by atoms with E-state index >= 15 is 0 Å². The van der Waals surface area contributed by atoms with Crippen LogP contribution in [0.3, 0.4) is 0 Å². The van der Waals surface area contributed by atoms with Crippen LogP contribution in [-0.4, -0.2) is 20.0 Å². The predicted molar refractivity (Wildman–Crippen MR) is 87.3 cm³/mol. The lowest BCUT2D eigenvalue weighted by molar-refractivity contribution is 0.103. The molecule has 0 unspecified atom stereocenters. The summed E-state index contributed by atoms with van der Waals surface area (Å²) < 4.78 is 24.6. The molecule has 0 radical (unpaired) electrons.